The van der Waals surface area contributed by atoms with E-state index in [1.807, 2.05) is 0 Å². The lowest BCUT2D eigenvalue weighted by molar-refractivity contribution is 0.229. The molecule has 2 heteroatoms. The first-order chi connectivity index (χ1) is 8.22. The van der Waals surface area contributed by atoms with Gasteiger partial charge in [0.15, 0.2) is 0 Å². The summed E-state index contributed by atoms with van der Waals surface area (Å²) in [6, 6.07) is 0.637. The Labute approximate surface area is 114 Å². The Bertz CT molecular complexity index is 148. The van der Waals surface area contributed by atoms with Crippen LogP contribution in [0.3, 0.4) is 0 Å². The Morgan fingerprint density at radius 2 is 1.35 bits per heavy atom. The van der Waals surface area contributed by atoms with Crippen molar-refractivity contribution < 1.29 is 0 Å². The first-order valence-corrected chi connectivity index (χ1v) is 8.05. The molecule has 1 nitrogen and oxygen atoms in total. The second-order valence-corrected chi connectivity index (χ2v) is 5.67. The first-order valence-electron chi connectivity index (χ1n) is 7.52. The van der Waals surface area contributed by atoms with Gasteiger partial charge in [0, 0.05) is 18.5 Å². The molecule has 0 aliphatic carbocycles. The van der Waals surface area contributed by atoms with E-state index >= 15 is 0 Å². The average molecular weight is 262 g/mol. The van der Waals surface area contributed by atoms with E-state index in [0.717, 1.165) is 12.4 Å². The zero-order valence-electron chi connectivity index (χ0n) is 12.2. The molecule has 0 aromatic carbocycles. The van der Waals surface area contributed by atoms with Gasteiger partial charge in [0.1, 0.15) is 0 Å². The van der Waals surface area contributed by atoms with E-state index in [1.165, 1.54) is 57.9 Å². The number of unbranched alkanes of at least 4 members (excludes halogenated alkanes) is 7. The van der Waals surface area contributed by atoms with E-state index in [1.54, 1.807) is 0 Å². The number of rotatable bonds is 12. The summed E-state index contributed by atoms with van der Waals surface area (Å²) < 4.78 is 0. The van der Waals surface area contributed by atoms with Crippen LogP contribution in [0.4, 0.5) is 0 Å². The zero-order valence-corrected chi connectivity index (χ0v) is 12.9. The van der Waals surface area contributed by atoms with Crippen molar-refractivity contribution in [2.45, 2.75) is 78.2 Å². The van der Waals surface area contributed by atoms with Gasteiger partial charge in [0.25, 0.3) is 0 Å². The highest BCUT2D eigenvalue weighted by Crippen LogP contribution is 2.09. The van der Waals surface area contributed by atoms with Crippen LogP contribution in [0.25, 0.3) is 0 Å². The molecule has 0 heterocycles. The van der Waals surface area contributed by atoms with Gasteiger partial charge in [-0.3, -0.25) is 4.90 Å². The predicted molar refractivity (Wildman–Crippen MR) is 80.0 cm³/mol. The van der Waals surface area contributed by atoms with E-state index in [4.69, 9.17) is 11.6 Å². The molecule has 0 aromatic heterocycles. The lowest BCUT2D eigenvalue weighted by Gasteiger charge is -2.25. The Kier molecular flexibility index (Phi) is 12.9. The standard InChI is InChI=1S/C15H32ClN/c1-4-5-6-7-8-9-10-11-13-17(14-12-16)15(2)3/h15H,4-14H2,1-3H3. The molecule has 17 heavy (non-hydrogen) atoms. The summed E-state index contributed by atoms with van der Waals surface area (Å²) in [4.78, 5) is 2.49. The fourth-order valence-electron chi connectivity index (χ4n) is 2.19. The molecule has 0 rings (SSSR count). The van der Waals surface area contributed by atoms with Crippen molar-refractivity contribution in [3.63, 3.8) is 0 Å². The van der Waals surface area contributed by atoms with Crippen molar-refractivity contribution in [1.29, 1.82) is 0 Å². The fraction of sp³-hybridized carbons (Fsp3) is 1.00. The monoisotopic (exact) mass is 261 g/mol. The Morgan fingerprint density at radius 1 is 0.824 bits per heavy atom. The second-order valence-electron chi connectivity index (χ2n) is 5.29. The summed E-state index contributed by atoms with van der Waals surface area (Å²) in [6.45, 7) is 9.06. The molecule has 0 saturated heterocycles. The molecule has 0 saturated carbocycles. The van der Waals surface area contributed by atoms with Gasteiger partial charge in [-0.2, -0.15) is 0 Å². The summed E-state index contributed by atoms with van der Waals surface area (Å²) in [5.74, 6) is 0.759. The fourth-order valence-corrected chi connectivity index (χ4v) is 2.40. The molecule has 0 unspecified atom stereocenters. The van der Waals surface area contributed by atoms with Crippen LogP contribution in [0.15, 0.2) is 0 Å². The third-order valence-corrected chi connectivity index (χ3v) is 3.57. The molecule has 0 atom stereocenters. The van der Waals surface area contributed by atoms with Crippen molar-refractivity contribution in [3.8, 4) is 0 Å². The maximum absolute atomic E-state index is 5.81. The van der Waals surface area contributed by atoms with Gasteiger partial charge in [-0.05, 0) is 26.8 Å². The molecular formula is C15H32ClN. The number of hydrogen-bond donors (Lipinski definition) is 0. The van der Waals surface area contributed by atoms with Crippen LogP contribution in [0, 0.1) is 0 Å². The number of nitrogens with zero attached hydrogens (tertiary/aromatic N) is 1. The van der Waals surface area contributed by atoms with Crippen LogP contribution in [0.2, 0.25) is 0 Å². The Hall–Kier alpha value is 0.250. The van der Waals surface area contributed by atoms with Crippen LogP contribution in [-0.4, -0.2) is 29.9 Å². The molecule has 0 fully saturated rings. The van der Waals surface area contributed by atoms with Crippen LogP contribution in [-0.2, 0) is 0 Å². The summed E-state index contributed by atoms with van der Waals surface area (Å²) in [5, 5.41) is 0. The minimum atomic E-state index is 0.637. The molecule has 104 valence electrons. The Morgan fingerprint density at radius 3 is 1.82 bits per heavy atom. The number of hydrogen-bond acceptors (Lipinski definition) is 1. The van der Waals surface area contributed by atoms with Crippen LogP contribution in [0.5, 0.6) is 0 Å². The largest absolute Gasteiger partial charge is 0.300 e. The summed E-state index contributed by atoms with van der Waals surface area (Å²) in [6.07, 6.45) is 11.2. The summed E-state index contributed by atoms with van der Waals surface area (Å²) in [7, 11) is 0. The van der Waals surface area contributed by atoms with Crippen molar-refractivity contribution in [2.75, 3.05) is 19.0 Å². The van der Waals surface area contributed by atoms with Gasteiger partial charge in [-0.1, -0.05) is 51.9 Å². The summed E-state index contributed by atoms with van der Waals surface area (Å²) in [5.41, 5.74) is 0. The lowest BCUT2D eigenvalue weighted by atomic mass is 10.1. The van der Waals surface area contributed by atoms with Gasteiger partial charge in [0.05, 0.1) is 0 Å². The van der Waals surface area contributed by atoms with Crippen molar-refractivity contribution in [2.24, 2.45) is 0 Å². The minimum Gasteiger partial charge on any atom is -0.300 e. The topological polar surface area (TPSA) is 3.24 Å². The third kappa shape index (κ3) is 11.1. The lowest BCUT2D eigenvalue weighted by Crippen LogP contribution is -2.33. The average Bonchev–Trinajstić information content (AvgIpc) is 2.31. The predicted octanol–water partition coefficient (Wildman–Crippen LogP) is 5.08. The Balaban J connectivity index is 3.30. The number of alkyl halides is 1. The maximum atomic E-state index is 5.81. The van der Waals surface area contributed by atoms with E-state index in [9.17, 15) is 0 Å². The maximum Gasteiger partial charge on any atom is 0.0351 e. The molecular weight excluding hydrogens is 230 g/mol. The molecule has 0 aliphatic rings. The summed E-state index contributed by atoms with van der Waals surface area (Å²) >= 11 is 5.81. The zero-order chi connectivity index (χ0) is 12.9. The number of halogens is 1. The van der Waals surface area contributed by atoms with E-state index in [-0.39, 0.29) is 0 Å². The quantitative estimate of drug-likeness (QED) is 0.350. The van der Waals surface area contributed by atoms with Gasteiger partial charge in [-0.15, -0.1) is 11.6 Å². The molecule has 0 spiro atoms. The van der Waals surface area contributed by atoms with Gasteiger partial charge in [-0.25, -0.2) is 0 Å². The van der Waals surface area contributed by atoms with Crippen molar-refractivity contribution in [1.82, 2.24) is 4.90 Å². The van der Waals surface area contributed by atoms with E-state index < -0.39 is 0 Å². The first kappa shape index (κ1) is 17.2. The minimum absolute atomic E-state index is 0.637. The molecule has 0 aromatic rings. The van der Waals surface area contributed by atoms with Crippen LogP contribution < -0.4 is 0 Å². The molecule has 0 aliphatic heterocycles. The van der Waals surface area contributed by atoms with Gasteiger partial charge in [0.2, 0.25) is 0 Å². The highest BCUT2D eigenvalue weighted by atomic mass is 35.5. The van der Waals surface area contributed by atoms with Gasteiger partial charge >= 0.3 is 0 Å². The smallest absolute Gasteiger partial charge is 0.0351 e. The molecule has 0 radical (unpaired) electrons. The third-order valence-electron chi connectivity index (χ3n) is 3.40. The van der Waals surface area contributed by atoms with Crippen LogP contribution >= 0.6 is 11.6 Å². The van der Waals surface area contributed by atoms with E-state index in [0.29, 0.717) is 6.04 Å². The van der Waals surface area contributed by atoms with Gasteiger partial charge < -0.3 is 0 Å². The second kappa shape index (κ2) is 12.7. The molecule has 0 bridgehead atoms. The molecule has 0 amide bonds. The SMILES string of the molecule is CCCCCCCCCCN(CCCl)C(C)C. The van der Waals surface area contributed by atoms with Crippen molar-refractivity contribution >= 4 is 11.6 Å². The van der Waals surface area contributed by atoms with Crippen LogP contribution in [0.1, 0.15) is 72.1 Å². The van der Waals surface area contributed by atoms with E-state index in [2.05, 4.69) is 25.7 Å². The highest BCUT2D eigenvalue weighted by Gasteiger charge is 2.07. The highest BCUT2D eigenvalue weighted by molar-refractivity contribution is 6.18. The normalized spacial score (nSPS) is 11.6. The molecule has 0 N–H and O–H groups in total. The van der Waals surface area contributed by atoms with Crippen molar-refractivity contribution in [3.05, 3.63) is 0 Å².